The third-order valence-electron chi connectivity index (χ3n) is 5.66. The highest BCUT2D eigenvalue weighted by molar-refractivity contribution is 6.09. The van der Waals surface area contributed by atoms with E-state index in [1.165, 1.54) is 5.56 Å². The molecule has 4 heteroatoms. The highest BCUT2D eigenvalue weighted by Gasteiger charge is 2.45. The minimum atomic E-state index is -1.03. The molecule has 0 fully saturated rings. The molecule has 2 heterocycles. The maximum absolute atomic E-state index is 13.1. The van der Waals surface area contributed by atoms with Gasteiger partial charge in [-0.15, -0.1) is 0 Å². The van der Waals surface area contributed by atoms with Crippen LogP contribution in [-0.4, -0.2) is 21.9 Å². The van der Waals surface area contributed by atoms with Crippen molar-refractivity contribution in [1.29, 1.82) is 0 Å². The van der Waals surface area contributed by atoms with Crippen LogP contribution in [-0.2, 0) is 12.0 Å². The number of fused-ring (bicyclic) bond motifs is 4. The average molecular weight is 335 g/mol. The molecular weight excluding hydrogens is 314 g/mol. The Bertz CT molecular complexity index is 913. The van der Waals surface area contributed by atoms with Crippen LogP contribution < -0.4 is 0 Å². The molecule has 4 rings (SSSR count). The molecule has 0 aromatic heterocycles. The van der Waals surface area contributed by atoms with Crippen molar-refractivity contribution in [3.05, 3.63) is 69.8 Å². The van der Waals surface area contributed by atoms with Gasteiger partial charge in [-0.25, -0.2) is 4.79 Å². The Morgan fingerprint density at radius 3 is 2.64 bits per heavy atom. The fourth-order valence-electron chi connectivity index (χ4n) is 4.46. The molecule has 0 bridgehead atoms. The Morgan fingerprint density at radius 2 is 1.92 bits per heavy atom. The third-order valence-corrected chi connectivity index (χ3v) is 5.66. The van der Waals surface area contributed by atoms with E-state index in [1.54, 1.807) is 6.92 Å². The van der Waals surface area contributed by atoms with Crippen molar-refractivity contribution < 1.29 is 14.7 Å². The van der Waals surface area contributed by atoms with Crippen LogP contribution in [0.4, 0.5) is 0 Å². The van der Waals surface area contributed by atoms with Gasteiger partial charge in [-0.3, -0.25) is 4.79 Å². The predicted molar refractivity (Wildman–Crippen MR) is 94.8 cm³/mol. The lowest BCUT2D eigenvalue weighted by Gasteiger charge is -2.29. The summed E-state index contributed by atoms with van der Waals surface area (Å²) >= 11 is 0. The number of carboxylic acids is 1. The monoisotopic (exact) mass is 335 g/mol. The second-order valence-electron chi connectivity index (χ2n) is 7.72. The van der Waals surface area contributed by atoms with Gasteiger partial charge in [-0.2, -0.15) is 0 Å². The quantitative estimate of drug-likeness (QED) is 0.854. The number of hydrogen-bond acceptors (Lipinski definition) is 2. The van der Waals surface area contributed by atoms with Gasteiger partial charge in [0.2, 0.25) is 0 Å². The number of aryl methyl sites for hydroxylation is 1. The van der Waals surface area contributed by atoms with E-state index < -0.39 is 5.97 Å². The molecule has 0 saturated heterocycles. The molecule has 2 aliphatic rings. The van der Waals surface area contributed by atoms with Crippen molar-refractivity contribution in [2.24, 2.45) is 0 Å². The summed E-state index contributed by atoms with van der Waals surface area (Å²) in [6, 6.07) is 11.9. The molecule has 1 N–H and O–H groups in total. The van der Waals surface area contributed by atoms with Gasteiger partial charge < -0.3 is 10.0 Å². The molecule has 2 aromatic rings. The lowest BCUT2D eigenvalue weighted by Crippen LogP contribution is -2.28. The minimum absolute atomic E-state index is 0.0800. The summed E-state index contributed by atoms with van der Waals surface area (Å²) in [5.74, 6) is -1.19. The first kappa shape index (κ1) is 15.9. The van der Waals surface area contributed by atoms with Crippen molar-refractivity contribution in [3.63, 3.8) is 0 Å². The van der Waals surface area contributed by atoms with Crippen molar-refractivity contribution >= 4 is 11.9 Å². The molecule has 0 unspecified atom stereocenters. The largest absolute Gasteiger partial charge is 0.478 e. The van der Waals surface area contributed by atoms with E-state index in [0.29, 0.717) is 17.7 Å². The Balaban J connectivity index is 1.91. The second-order valence-corrected chi connectivity index (χ2v) is 7.72. The van der Waals surface area contributed by atoms with Crippen molar-refractivity contribution in [2.45, 2.75) is 45.2 Å². The predicted octanol–water partition coefficient (Wildman–Crippen LogP) is 4.07. The second kappa shape index (κ2) is 5.19. The lowest BCUT2D eigenvalue weighted by atomic mass is 9.77. The van der Waals surface area contributed by atoms with Crippen molar-refractivity contribution in [1.82, 2.24) is 4.90 Å². The van der Waals surface area contributed by atoms with E-state index in [2.05, 4.69) is 26.0 Å². The van der Waals surface area contributed by atoms with Gasteiger partial charge in [-0.1, -0.05) is 50.2 Å². The number of aromatic carboxylic acids is 1. The zero-order valence-corrected chi connectivity index (χ0v) is 14.7. The normalized spacial score (nSPS) is 20.5. The van der Waals surface area contributed by atoms with Crippen LogP contribution in [0.1, 0.15) is 69.3 Å². The molecule has 0 spiro atoms. The number of carbonyl (C=O) groups excluding carboxylic acids is 1. The van der Waals surface area contributed by atoms with E-state index in [9.17, 15) is 14.7 Å². The molecule has 2 aliphatic heterocycles. The fourth-order valence-corrected chi connectivity index (χ4v) is 4.46. The van der Waals surface area contributed by atoms with Crippen LogP contribution >= 0.6 is 0 Å². The van der Waals surface area contributed by atoms with Gasteiger partial charge in [0.05, 0.1) is 17.2 Å². The van der Waals surface area contributed by atoms with Crippen LogP contribution in [0.15, 0.2) is 36.4 Å². The van der Waals surface area contributed by atoms with Crippen LogP contribution in [0.3, 0.4) is 0 Å². The topological polar surface area (TPSA) is 57.6 Å². The number of hydrogen-bond donors (Lipinski definition) is 1. The van der Waals surface area contributed by atoms with Crippen LogP contribution in [0.25, 0.3) is 0 Å². The molecule has 0 saturated carbocycles. The van der Waals surface area contributed by atoms with E-state index in [0.717, 1.165) is 17.5 Å². The number of carbonyl (C=O) groups is 2. The zero-order valence-electron chi connectivity index (χ0n) is 14.7. The molecule has 25 heavy (non-hydrogen) atoms. The highest BCUT2D eigenvalue weighted by Crippen LogP contribution is 2.47. The van der Waals surface area contributed by atoms with Gasteiger partial charge in [0.25, 0.3) is 5.91 Å². The Kier molecular flexibility index (Phi) is 3.29. The maximum Gasteiger partial charge on any atom is 0.336 e. The molecule has 4 nitrogen and oxygen atoms in total. The molecular formula is C21H21NO3. The van der Waals surface area contributed by atoms with Gasteiger partial charge in [0.15, 0.2) is 0 Å². The van der Waals surface area contributed by atoms with Crippen LogP contribution in [0, 0.1) is 6.92 Å². The first-order chi connectivity index (χ1) is 11.8. The molecule has 128 valence electrons. The van der Waals surface area contributed by atoms with Gasteiger partial charge in [0, 0.05) is 6.54 Å². The third kappa shape index (κ3) is 2.20. The lowest BCUT2D eigenvalue weighted by molar-refractivity contribution is 0.0661. The Labute approximate surface area is 147 Å². The summed E-state index contributed by atoms with van der Waals surface area (Å²) < 4.78 is 0. The number of rotatable bonds is 1. The molecule has 1 atom stereocenters. The number of carboxylic acid groups (broad SMARTS) is 1. The van der Waals surface area contributed by atoms with Gasteiger partial charge in [0.1, 0.15) is 0 Å². The van der Waals surface area contributed by atoms with E-state index in [4.69, 9.17) is 0 Å². The first-order valence-corrected chi connectivity index (χ1v) is 8.57. The van der Waals surface area contributed by atoms with Crippen LogP contribution in [0.2, 0.25) is 0 Å². The van der Waals surface area contributed by atoms with E-state index >= 15 is 0 Å². The van der Waals surface area contributed by atoms with E-state index in [1.807, 2.05) is 29.2 Å². The maximum atomic E-state index is 13.1. The zero-order chi connectivity index (χ0) is 17.9. The number of nitrogens with zero attached hydrogens (tertiary/aromatic N) is 1. The van der Waals surface area contributed by atoms with Gasteiger partial charge in [-0.05, 0) is 41.0 Å². The smallest absolute Gasteiger partial charge is 0.336 e. The molecule has 1 amide bonds. The van der Waals surface area contributed by atoms with Crippen molar-refractivity contribution in [2.75, 3.05) is 0 Å². The Morgan fingerprint density at radius 1 is 1.20 bits per heavy atom. The SMILES string of the molecule is Cc1ccc2c(c1C(=O)O)C(=O)N1Cc3ccccc3C(C)(C)C[C@H]21. The number of amides is 1. The first-order valence-electron chi connectivity index (χ1n) is 8.57. The number of benzene rings is 2. The summed E-state index contributed by atoms with van der Waals surface area (Å²) in [5, 5.41) is 9.63. The van der Waals surface area contributed by atoms with Crippen LogP contribution in [0.5, 0.6) is 0 Å². The minimum Gasteiger partial charge on any atom is -0.478 e. The Hall–Kier alpha value is -2.62. The van der Waals surface area contributed by atoms with Gasteiger partial charge >= 0.3 is 5.97 Å². The fraction of sp³-hybridized carbons (Fsp3) is 0.333. The summed E-state index contributed by atoms with van der Waals surface area (Å²) in [7, 11) is 0. The van der Waals surface area contributed by atoms with Crippen molar-refractivity contribution in [3.8, 4) is 0 Å². The summed E-state index contributed by atoms with van der Waals surface area (Å²) in [5.41, 5.74) is 4.35. The molecule has 0 radical (unpaired) electrons. The van der Waals surface area contributed by atoms with E-state index in [-0.39, 0.29) is 22.9 Å². The average Bonchev–Trinajstić information content (AvgIpc) is 2.73. The summed E-state index contributed by atoms with van der Waals surface area (Å²) in [6.45, 7) is 6.67. The summed E-state index contributed by atoms with van der Waals surface area (Å²) in [4.78, 5) is 26.8. The summed E-state index contributed by atoms with van der Waals surface area (Å²) in [6.07, 6.45) is 0.783. The molecule has 0 aliphatic carbocycles. The highest BCUT2D eigenvalue weighted by atomic mass is 16.4. The standard InChI is InChI=1S/C21H21NO3/c1-12-8-9-14-16-10-21(2,3)15-7-5-4-6-13(15)11-22(16)19(23)18(14)17(12)20(24)25/h4-9,16H,10-11H2,1-3H3,(H,24,25)/t16-/m1/s1. The molecule has 2 aromatic carbocycles.